The maximum Gasteiger partial charge on any atom is 0.243 e. The van der Waals surface area contributed by atoms with Gasteiger partial charge in [-0.05, 0) is 43.5 Å². The van der Waals surface area contributed by atoms with Crippen LogP contribution >= 0.6 is 0 Å². The lowest BCUT2D eigenvalue weighted by molar-refractivity contribution is -0.133. The number of ketones is 1. The highest BCUT2D eigenvalue weighted by molar-refractivity contribution is 5.98. The van der Waals surface area contributed by atoms with E-state index >= 15 is 0 Å². The molecular formula is C26H33N3O6. The molecule has 1 aliphatic rings. The molecule has 5 N–H and O–H groups in total. The first-order valence-electron chi connectivity index (χ1n) is 11.5. The van der Waals surface area contributed by atoms with Crippen LogP contribution in [0.25, 0.3) is 0 Å². The van der Waals surface area contributed by atoms with Crippen LogP contribution in [0.1, 0.15) is 25.0 Å². The largest absolute Gasteiger partial charge is 0.497 e. The number of carbonyl (C=O) groups excluding carboxylic acids is 3. The Kier molecular flexibility index (Phi) is 8.61. The summed E-state index contributed by atoms with van der Waals surface area (Å²) >= 11 is 0. The number of aliphatic hydroxyl groups is 1. The van der Waals surface area contributed by atoms with E-state index in [0.29, 0.717) is 12.4 Å². The molecule has 9 heteroatoms. The number of carbonyl (C=O) groups is 3. The average Bonchev–Trinajstić information content (AvgIpc) is 3.61. The van der Waals surface area contributed by atoms with Crippen LogP contribution in [0.15, 0.2) is 54.6 Å². The Morgan fingerprint density at radius 2 is 1.54 bits per heavy atom. The van der Waals surface area contributed by atoms with E-state index in [2.05, 4.69) is 10.6 Å². The molecule has 5 atom stereocenters. The van der Waals surface area contributed by atoms with Gasteiger partial charge in [0.15, 0.2) is 5.78 Å². The Labute approximate surface area is 205 Å². The number of Topliss-reactive ketones (excluding diaryl/α,β-unsaturated/α-hetero) is 1. The monoisotopic (exact) mass is 483 g/mol. The van der Waals surface area contributed by atoms with E-state index in [1.807, 2.05) is 30.3 Å². The minimum atomic E-state index is -1.21. The molecule has 0 aromatic heterocycles. The van der Waals surface area contributed by atoms with Gasteiger partial charge in [-0.1, -0.05) is 42.5 Å². The molecule has 1 fully saturated rings. The van der Waals surface area contributed by atoms with Crippen molar-refractivity contribution in [3.63, 3.8) is 0 Å². The highest BCUT2D eigenvalue weighted by Gasteiger charge is 2.50. The van der Waals surface area contributed by atoms with Crippen molar-refractivity contribution in [1.29, 1.82) is 0 Å². The highest BCUT2D eigenvalue weighted by Crippen LogP contribution is 2.29. The molecule has 2 aromatic carbocycles. The molecule has 0 saturated carbocycles. The number of hydrogen-bond donors (Lipinski definition) is 4. The molecule has 9 nitrogen and oxygen atoms in total. The van der Waals surface area contributed by atoms with Crippen molar-refractivity contribution >= 4 is 17.6 Å². The summed E-state index contributed by atoms with van der Waals surface area (Å²) in [7, 11) is 1.55. The van der Waals surface area contributed by atoms with E-state index in [-0.39, 0.29) is 18.6 Å². The molecule has 2 aromatic rings. The quantitative estimate of drug-likeness (QED) is 0.322. The molecule has 0 spiro atoms. The van der Waals surface area contributed by atoms with Gasteiger partial charge in [-0.25, -0.2) is 0 Å². The highest BCUT2D eigenvalue weighted by atomic mass is 16.6. The van der Waals surface area contributed by atoms with Crippen LogP contribution in [0.5, 0.6) is 5.75 Å². The van der Waals surface area contributed by atoms with Crippen LogP contribution in [-0.2, 0) is 32.0 Å². The van der Waals surface area contributed by atoms with E-state index in [1.54, 1.807) is 38.3 Å². The van der Waals surface area contributed by atoms with Crippen molar-refractivity contribution in [3.8, 4) is 5.75 Å². The summed E-state index contributed by atoms with van der Waals surface area (Å²) in [6.07, 6.45) is -0.673. The average molecular weight is 484 g/mol. The van der Waals surface area contributed by atoms with Crippen LogP contribution in [0.3, 0.4) is 0 Å². The van der Waals surface area contributed by atoms with Gasteiger partial charge in [0.25, 0.3) is 0 Å². The first-order valence-corrected chi connectivity index (χ1v) is 11.5. The molecular weight excluding hydrogens is 450 g/mol. The maximum atomic E-state index is 13.4. The second-order valence-electron chi connectivity index (χ2n) is 9.01. The van der Waals surface area contributed by atoms with Gasteiger partial charge in [0.1, 0.15) is 23.4 Å². The van der Waals surface area contributed by atoms with E-state index in [0.717, 1.165) is 11.1 Å². The molecule has 188 valence electrons. The predicted molar refractivity (Wildman–Crippen MR) is 130 cm³/mol. The number of amides is 2. The van der Waals surface area contributed by atoms with E-state index in [9.17, 15) is 19.5 Å². The first kappa shape index (κ1) is 26.3. The topological polar surface area (TPSA) is 143 Å². The number of nitrogens with one attached hydrogen (secondary N) is 2. The Bertz CT molecular complexity index is 1020. The van der Waals surface area contributed by atoms with Gasteiger partial charge in [-0.15, -0.1) is 0 Å². The predicted octanol–water partition coefficient (Wildman–Crippen LogP) is 0.516. The maximum absolute atomic E-state index is 13.4. The minimum absolute atomic E-state index is 0.147. The fourth-order valence-corrected chi connectivity index (χ4v) is 3.64. The van der Waals surface area contributed by atoms with Gasteiger partial charge < -0.3 is 30.9 Å². The zero-order valence-corrected chi connectivity index (χ0v) is 20.2. The molecule has 35 heavy (non-hydrogen) atoms. The van der Waals surface area contributed by atoms with Gasteiger partial charge >= 0.3 is 0 Å². The SMILES string of the molecule is COc1ccc(C[C@H](NC(=O)[C@@H](N)[C@H](C)O)C(=O)N[C@@H](Cc2ccccc2)C(=O)[C@]2(C)CO2)cc1. The van der Waals surface area contributed by atoms with Crippen LogP contribution in [0.2, 0.25) is 0 Å². The summed E-state index contributed by atoms with van der Waals surface area (Å²) < 4.78 is 10.5. The van der Waals surface area contributed by atoms with E-state index in [4.69, 9.17) is 15.2 Å². The Morgan fingerprint density at radius 1 is 1.00 bits per heavy atom. The van der Waals surface area contributed by atoms with E-state index in [1.165, 1.54) is 6.92 Å². The molecule has 1 saturated heterocycles. The minimum Gasteiger partial charge on any atom is -0.497 e. The zero-order valence-electron chi connectivity index (χ0n) is 20.2. The molecule has 2 amide bonds. The van der Waals surface area contributed by atoms with Crippen molar-refractivity contribution in [2.75, 3.05) is 13.7 Å². The molecule has 0 radical (unpaired) electrons. The van der Waals surface area contributed by atoms with Crippen LogP contribution < -0.4 is 21.1 Å². The number of hydrogen-bond acceptors (Lipinski definition) is 7. The second-order valence-corrected chi connectivity index (χ2v) is 9.01. The summed E-state index contributed by atoms with van der Waals surface area (Å²) in [5.41, 5.74) is 6.48. The smallest absolute Gasteiger partial charge is 0.243 e. The van der Waals surface area contributed by atoms with E-state index < -0.39 is 41.6 Å². The summed E-state index contributed by atoms with van der Waals surface area (Å²) in [6, 6.07) is 13.3. The molecule has 0 unspecified atom stereocenters. The third kappa shape index (κ3) is 7.11. The van der Waals surface area contributed by atoms with Gasteiger partial charge in [0, 0.05) is 6.42 Å². The van der Waals surface area contributed by atoms with Crippen LogP contribution in [-0.4, -0.2) is 66.3 Å². The Morgan fingerprint density at radius 3 is 2.09 bits per heavy atom. The van der Waals surface area contributed by atoms with Gasteiger partial charge in [-0.3, -0.25) is 14.4 Å². The Hall–Kier alpha value is -3.27. The third-order valence-electron chi connectivity index (χ3n) is 6.07. The number of epoxide rings is 1. The lowest BCUT2D eigenvalue weighted by atomic mass is 9.94. The van der Waals surface area contributed by atoms with Crippen molar-refractivity contribution in [3.05, 3.63) is 65.7 Å². The summed E-state index contributed by atoms with van der Waals surface area (Å²) in [6.45, 7) is 3.38. The third-order valence-corrected chi connectivity index (χ3v) is 6.07. The fourth-order valence-electron chi connectivity index (χ4n) is 3.64. The van der Waals surface area contributed by atoms with Crippen molar-refractivity contribution in [2.45, 2.75) is 56.5 Å². The molecule has 1 heterocycles. The first-order chi connectivity index (χ1) is 16.6. The Balaban J connectivity index is 1.81. The second kappa shape index (κ2) is 11.4. The summed E-state index contributed by atoms with van der Waals surface area (Å²) in [4.78, 5) is 39.1. The molecule has 0 bridgehead atoms. The van der Waals surface area contributed by atoms with Crippen LogP contribution in [0.4, 0.5) is 0 Å². The van der Waals surface area contributed by atoms with Crippen molar-refractivity contribution in [1.82, 2.24) is 10.6 Å². The van der Waals surface area contributed by atoms with Crippen molar-refractivity contribution < 1.29 is 29.0 Å². The zero-order chi connectivity index (χ0) is 25.6. The normalized spacial score (nSPS) is 20.1. The molecule has 1 aliphatic heterocycles. The summed E-state index contributed by atoms with van der Waals surface area (Å²) in [5.74, 6) is -0.784. The number of benzene rings is 2. The number of ether oxygens (including phenoxy) is 2. The number of nitrogens with two attached hydrogens (primary N) is 1. The standard InChI is InChI=1S/C26H33N3O6/c1-16(30)22(27)25(33)29-21(14-18-9-11-19(34-3)12-10-18)24(32)28-20(23(31)26(2)15-35-26)13-17-7-5-4-6-8-17/h4-12,16,20-22,30H,13-15,27H2,1-3H3,(H,28,32)(H,29,33)/t16-,20-,21-,22-,26-/m0/s1. The lowest BCUT2D eigenvalue weighted by Gasteiger charge is -2.25. The van der Waals surface area contributed by atoms with Gasteiger partial charge in [-0.2, -0.15) is 0 Å². The van der Waals surface area contributed by atoms with Gasteiger partial charge in [0.05, 0.1) is 25.9 Å². The summed E-state index contributed by atoms with van der Waals surface area (Å²) in [5, 5.41) is 15.2. The molecule has 0 aliphatic carbocycles. The lowest BCUT2D eigenvalue weighted by Crippen LogP contribution is -2.58. The molecule has 3 rings (SSSR count). The number of aliphatic hydroxyl groups excluding tert-OH is 1. The van der Waals surface area contributed by atoms with Gasteiger partial charge in [0.2, 0.25) is 11.8 Å². The van der Waals surface area contributed by atoms with Crippen LogP contribution in [0, 0.1) is 0 Å². The number of rotatable bonds is 12. The van der Waals surface area contributed by atoms with Crippen molar-refractivity contribution in [2.24, 2.45) is 5.73 Å². The fraction of sp³-hybridized carbons (Fsp3) is 0.423. The number of methoxy groups -OCH3 is 1.